The van der Waals surface area contributed by atoms with E-state index < -0.39 is 12.3 Å². The van der Waals surface area contributed by atoms with E-state index in [1.165, 1.54) is 0 Å². The summed E-state index contributed by atoms with van der Waals surface area (Å²) in [6.45, 7) is 2.28. The van der Waals surface area contributed by atoms with E-state index in [2.05, 4.69) is 5.32 Å². The minimum atomic E-state index is -1.26. The molecule has 2 saturated heterocycles. The summed E-state index contributed by atoms with van der Waals surface area (Å²) in [7, 11) is 0. The Morgan fingerprint density at radius 2 is 1.54 bits per heavy atom. The minimum Gasteiger partial charge on any atom is -0.294 e. The highest BCUT2D eigenvalue weighted by atomic mass is 19.2. The molecule has 2 nitrogen and oxygen atoms in total. The average Bonchev–Trinajstić information content (AvgIpc) is 2.49. The quantitative estimate of drug-likeness (QED) is 0.595. The standard InChI is InChI=1S/C9H15F2N2/c10-8-5-13(6-9(8)11)7-1-3-12-4-2-7/h7-9H,1-6H2/t8-,9-/m0/s1. The van der Waals surface area contributed by atoms with Crippen LogP contribution in [0.5, 0.6) is 0 Å². The minimum absolute atomic E-state index is 0.284. The van der Waals surface area contributed by atoms with Crippen molar-refractivity contribution in [3.63, 3.8) is 0 Å². The monoisotopic (exact) mass is 189 g/mol. The third kappa shape index (κ3) is 1.99. The van der Waals surface area contributed by atoms with Crippen molar-refractivity contribution >= 4 is 0 Å². The molecule has 0 aromatic rings. The summed E-state index contributed by atoms with van der Waals surface area (Å²) in [5.41, 5.74) is 0. The van der Waals surface area contributed by atoms with E-state index >= 15 is 0 Å². The zero-order chi connectivity index (χ0) is 9.26. The van der Waals surface area contributed by atoms with Gasteiger partial charge in [-0.3, -0.25) is 4.90 Å². The van der Waals surface area contributed by atoms with E-state index in [4.69, 9.17) is 0 Å². The van der Waals surface area contributed by atoms with Crippen LogP contribution in [-0.2, 0) is 0 Å². The van der Waals surface area contributed by atoms with Crippen LogP contribution in [0.25, 0.3) is 0 Å². The molecule has 4 heteroatoms. The van der Waals surface area contributed by atoms with Crippen molar-refractivity contribution in [2.24, 2.45) is 0 Å². The zero-order valence-corrected chi connectivity index (χ0v) is 7.63. The van der Waals surface area contributed by atoms with Crippen molar-refractivity contribution in [1.82, 2.24) is 10.2 Å². The first-order valence-electron chi connectivity index (χ1n) is 4.93. The molecule has 0 unspecified atom stereocenters. The van der Waals surface area contributed by atoms with E-state index in [0.717, 1.165) is 25.9 Å². The maximum absolute atomic E-state index is 12.9. The molecular formula is C9H15F2N2. The van der Waals surface area contributed by atoms with Gasteiger partial charge in [0.15, 0.2) is 0 Å². The van der Waals surface area contributed by atoms with Gasteiger partial charge in [-0.1, -0.05) is 0 Å². The molecule has 2 atom stereocenters. The van der Waals surface area contributed by atoms with Crippen LogP contribution in [0.4, 0.5) is 8.78 Å². The second-order valence-electron chi connectivity index (χ2n) is 3.89. The van der Waals surface area contributed by atoms with Crippen molar-refractivity contribution in [1.29, 1.82) is 0 Å². The first-order valence-corrected chi connectivity index (χ1v) is 4.93. The summed E-state index contributed by atoms with van der Waals surface area (Å²) in [5.74, 6) is 0. The van der Waals surface area contributed by atoms with Crippen LogP contribution >= 0.6 is 0 Å². The van der Waals surface area contributed by atoms with Crippen molar-refractivity contribution in [3.8, 4) is 0 Å². The van der Waals surface area contributed by atoms with Gasteiger partial charge in [0, 0.05) is 32.2 Å². The fourth-order valence-corrected chi connectivity index (χ4v) is 2.15. The van der Waals surface area contributed by atoms with Crippen LogP contribution < -0.4 is 5.32 Å². The lowest BCUT2D eigenvalue weighted by Crippen LogP contribution is -2.40. The summed E-state index contributed by atoms with van der Waals surface area (Å²) < 4.78 is 25.8. The lowest BCUT2D eigenvalue weighted by atomic mass is 10.1. The van der Waals surface area contributed by atoms with Crippen molar-refractivity contribution < 1.29 is 8.78 Å². The van der Waals surface area contributed by atoms with Crippen LogP contribution in [0.15, 0.2) is 0 Å². The van der Waals surface area contributed by atoms with Crippen molar-refractivity contribution in [2.75, 3.05) is 26.2 Å². The lowest BCUT2D eigenvalue weighted by Gasteiger charge is -2.30. The molecule has 2 fully saturated rings. The number of nitrogens with zero attached hydrogens (tertiary/aromatic N) is 2. The highest BCUT2D eigenvalue weighted by molar-refractivity contribution is 4.89. The van der Waals surface area contributed by atoms with Crippen LogP contribution in [0.2, 0.25) is 0 Å². The second-order valence-corrected chi connectivity index (χ2v) is 3.89. The van der Waals surface area contributed by atoms with Gasteiger partial charge in [0.25, 0.3) is 0 Å². The number of piperidine rings is 1. The highest BCUT2D eigenvalue weighted by Gasteiger charge is 2.36. The van der Waals surface area contributed by atoms with Gasteiger partial charge in [0.2, 0.25) is 0 Å². The maximum atomic E-state index is 12.9. The number of likely N-dealkylation sites (tertiary alicyclic amines) is 1. The third-order valence-electron chi connectivity index (χ3n) is 2.97. The molecule has 2 aliphatic heterocycles. The third-order valence-corrected chi connectivity index (χ3v) is 2.97. The Kier molecular flexibility index (Phi) is 2.79. The predicted octanol–water partition coefficient (Wildman–Crippen LogP) is 0.745. The molecule has 0 aromatic carbocycles. The van der Waals surface area contributed by atoms with E-state index in [-0.39, 0.29) is 13.1 Å². The molecule has 0 aliphatic carbocycles. The summed E-state index contributed by atoms with van der Waals surface area (Å²) in [4.78, 5) is 1.95. The first-order chi connectivity index (χ1) is 6.27. The van der Waals surface area contributed by atoms with Gasteiger partial charge in [-0.15, -0.1) is 0 Å². The second kappa shape index (κ2) is 3.88. The molecule has 0 amide bonds. The van der Waals surface area contributed by atoms with Crippen LogP contribution in [0.1, 0.15) is 12.8 Å². The average molecular weight is 189 g/mol. The van der Waals surface area contributed by atoms with Gasteiger partial charge in [-0.2, -0.15) is 0 Å². The molecule has 0 aromatic heterocycles. The summed E-state index contributed by atoms with van der Waals surface area (Å²) in [6, 6.07) is 0.372. The Morgan fingerprint density at radius 3 is 2.08 bits per heavy atom. The Balaban J connectivity index is 1.87. The number of alkyl halides is 2. The zero-order valence-electron chi connectivity index (χ0n) is 7.63. The van der Waals surface area contributed by atoms with Gasteiger partial charge < -0.3 is 0 Å². The molecule has 0 saturated carbocycles. The van der Waals surface area contributed by atoms with Crippen LogP contribution in [0.3, 0.4) is 0 Å². The van der Waals surface area contributed by atoms with Crippen LogP contribution in [0, 0.1) is 0 Å². The summed E-state index contributed by atoms with van der Waals surface area (Å²) >= 11 is 0. The van der Waals surface area contributed by atoms with E-state index in [1.54, 1.807) is 0 Å². The molecule has 0 bridgehead atoms. The van der Waals surface area contributed by atoms with E-state index in [0.29, 0.717) is 6.04 Å². The molecule has 2 heterocycles. The molecule has 0 N–H and O–H groups in total. The Bertz CT molecular complexity index is 161. The number of hydrogen-bond donors (Lipinski definition) is 0. The van der Waals surface area contributed by atoms with Crippen molar-refractivity contribution in [2.45, 2.75) is 31.2 Å². The van der Waals surface area contributed by atoms with Gasteiger partial charge >= 0.3 is 0 Å². The van der Waals surface area contributed by atoms with Gasteiger partial charge in [-0.25, -0.2) is 14.1 Å². The summed E-state index contributed by atoms with van der Waals surface area (Å²) in [6.07, 6.45) is -0.587. The fourth-order valence-electron chi connectivity index (χ4n) is 2.15. The van der Waals surface area contributed by atoms with Gasteiger partial charge in [0.1, 0.15) is 12.3 Å². The van der Waals surface area contributed by atoms with Crippen molar-refractivity contribution in [3.05, 3.63) is 0 Å². The lowest BCUT2D eigenvalue weighted by molar-refractivity contribution is 0.181. The molecule has 2 rings (SSSR count). The molecule has 0 spiro atoms. The van der Waals surface area contributed by atoms with E-state index in [9.17, 15) is 8.78 Å². The highest BCUT2D eigenvalue weighted by Crippen LogP contribution is 2.22. The van der Waals surface area contributed by atoms with Gasteiger partial charge in [-0.05, 0) is 12.8 Å². The largest absolute Gasteiger partial charge is 0.294 e. The Hall–Kier alpha value is -0.220. The SMILES string of the molecule is F[C@H]1CN(C2CC[N]CC2)C[C@@H]1F. The number of hydrogen-bond acceptors (Lipinski definition) is 1. The summed E-state index contributed by atoms with van der Waals surface area (Å²) in [5, 5.41) is 4.22. The normalized spacial score (nSPS) is 38.3. The Labute approximate surface area is 77.3 Å². The number of rotatable bonds is 1. The number of halogens is 2. The smallest absolute Gasteiger partial charge is 0.145 e. The topological polar surface area (TPSA) is 17.3 Å². The molecule has 2 aliphatic rings. The van der Waals surface area contributed by atoms with E-state index in [1.807, 2.05) is 4.90 Å². The van der Waals surface area contributed by atoms with Gasteiger partial charge in [0.05, 0.1) is 0 Å². The maximum Gasteiger partial charge on any atom is 0.145 e. The Morgan fingerprint density at radius 1 is 1.00 bits per heavy atom. The predicted molar refractivity (Wildman–Crippen MR) is 46.3 cm³/mol. The molecule has 75 valence electrons. The molecule has 13 heavy (non-hydrogen) atoms. The molecule has 1 radical (unpaired) electrons. The molecular weight excluding hydrogens is 174 g/mol. The van der Waals surface area contributed by atoms with Crippen LogP contribution in [-0.4, -0.2) is 49.5 Å². The first kappa shape index (κ1) is 9.34. The fraction of sp³-hybridized carbons (Fsp3) is 1.00.